The van der Waals surface area contributed by atoms with Gasteiger partial charge in [0, 0.05) is 12.1 Å². The first-order valence-corrected chi connectivity index (χ1v) is 7.21. The van der Waals surface area contributed by atoms with Crippen molar-refractivity contribution in [1.82, 2.24) is 4.90 Å². The summed E-state index contributed by atoms with van der Waals surface area (Å²) in [7, 11) is 0. The minimum Gasteiger partial charge on any atom is -0.390 e. The van der Waals surface area contributed by atoms with E-state index in [0.29, 0.717) is 23.9 Å². The van der Waals surface area contributed by atoms with E-state index in [0.717, 1.165) is 12.8 Å². The highest BCUT2D eigenvalue weighted by Crippen LogP contribution is 2.34. The third kappa shape index (κ3) is 3.96. The van der Waals surface area contributed by atoms with Crippen LogP contribution in [0.2, 0.25) is 0 Å². The lowest BCUT2D eigenvalue weighted by Crippen LogP contribution is -2.44. The van der Waals surface area contributed by atoms with Gasteiger partial charge in [-0.05, 0) is 65.3 Å². The van der Waals surface area contributed by atoms with Crippen molar-refractivity contribution in [2.45, 2.75) is 78.5 Å². The summed E-state index contributed by atoms with van der Waals surface area (Å²) in [5.74, 6) is 1.11. The minimum absolute atomic E-state index is 0.443. The number of aliphatic hydroxyl groups is 1. The monoisotopic (exact) mass is 241 g/mol. The van der Waals surface area contributed by atoms with E-state index in [1.165, 1.54) is 13.0 Å². The standard InChI is InChI=1S/C15H31NO/c1-11(2)14-10-13(15(5,6)17)8-7-9-16(14)12(3)4/h11-14,17H,7-10H2,1-6H3. The van der Waals surface area contributed by atoms with Gasteiger partial charge in [0.15, 0.2) is 0 Å². The third-order valence-electron chi connectivity index (χ3n) is 4.35. The van der Waals surface area contributed by atoms with E-state index in [-0.39, 0.29) is 0 Å². The van der Waals surface area contributed by atoms with Crippen LogP contribution in [0.25, 0.3) is 0 Å². The Balaban J connectivity index is 2.83. The van der Waals surface area contributed by atoms with Gasteiger partial charge in [0.1, 0.15) is 0 Å². The maximum Gasteiger partial charge on any atom is 0.0620 e. The van der Waals surface area contributed by atoms with E-state index in [2.05, 4.69) is 32.6 Å². The molecule has 0 aliphatic carbocycles. The Bertz CT molecular complexity index is 230. The van der Waals surface area contributed by atoms with Crippen LogP contribution < -0.4 is 0 Å². The first-order chi connectivity index (χ1) is 7.73. The second kappa shape index (κ2) is 5.71. The highest BCUT2D eigenvalue weighted by atomic mass is 16.3. The summed E-state index contributed by atoms with van der Waals surface area (Å²) < 4.78 is 0. The van der Waals surface area contributed by atoms with Crippen LogP contribution in [-0.4, -0.2) is 34.2 Å². The van der Waals surface area contributed by atoms with Gasteiger partial charge in [-0.3, -0.25) is 4.90 Å². The van der Waals surface area contributed by atoms with Crippen LogP contribution in [0.4, 0.5) is 0 Å². The average molecular weight is 241 g/mol. The van der Waals surface area contributed by atoms with Gasteiger partial charge in [-0.25, -0.2) is 0 Å². The fourth-order valence-electron chi connectivity index (χ4n) is 3.17. The van der Waals surface area contributed by atoms with Crippen molar-refractivity contribution in [2.24, 2.45) is 11.8 Å². The zero-order chi connectivity index (χ0) is 13.2. The largest absolute Gasteiger partial charge is 0.390 e. The van der Waals surface area contributed by atoms with Crippen LogP contribution in [0.1, 0.15) is 60.8 Å². The van der Waals surface area contributed by atoms with E-state index in [1.807, 2.05) is 13.8 Å². The van der Waals surface area contributed by atoms with E-state index in [9.17, 15) is 5.11 Å². The summed E-state index contributed by atoms with van der Waals surface area (Å²) in [6, 6.07) is 1.23. The SMILES string of the molecule is CC(C)C1CC(C(C)(C)O)CCCN1C(C)C. The molecule has 102 valence electrons. The number of hydrogen-bond donors (Lipinski definition) is 1. The Morgan fingerprint density at radius 2 is 1.76 bits per heavy atom. The maximum absolute atomic E-state index is 10.3. The molecular weight excluding hydrogens is 210 g/mol. The summed E-state index contributed by atoms with van der Waals surface area (Å²) in [5, 5.41) is 10.3. The average Bonchev–Trinajstić information content (AvgIpc) is 2.37. The van der Waals surface area contributed by atoms with Crippen LogP contribution in [0.3, 0.4) is 0 Å². The quantitative estimate of drug-likeness (QED) is 0.819. The lowest BCUT2D eigenvalue weighted by atomic mass is 9.81. The number of rotatable bonds is 3. The van der Waals surface area contributed by atoms with Gasteiger partial charge in [0.05, 0.1) is 5.60 Å². The number of hydrogen-bond acceptors (Lipinski definition) is 2. The molecule has 1 aliphatic rings. The predicted octanol–water partition coefficient (Wildman–Crippen LogP) is 3.29. The van der Waals surface area contributed by atoms with Gasteiger partial charge in [-0.1, -0.05) is 13.8 Å². The fraction of sp³-hybridized carbons (Fsp3) is 1.00. The molecule has 1 rings (SSSR count). The summed E-state index contributed by atoms with van der Waals surface area (Å²) >= 11 is 0. The van der Waals surface area contributed by atoms with Crippen LogP contribution in [-0.2, 0) is 0 Å². The Kier molecular flexibility index (Phi) is 5.03. The van der Waals surface area contributed by atoms with Gasteiger partial charge in [0.2, 0.25) is 0 Å². The second-order valence-electron chi connectivity index (χ2n) is 6.87. The molecule has 0 aromatic carbocycles. The normalized spacial score (nSPS) is 28.8. The molecule has 0 aromatic heterocycles. The molecule has 2 nitrogen and oxygen atoms in total. The molecule has 2 heteroatoms. The highest BCUT2D eigenvalue weighted by molar-refractivity contribution is 4.89. The van der Waals surface area contributed by atoms with Crippen LogP contribution in [0.5, 0.6) is 0 Å². The molecule has 17 heavy (non-hydrogen) atoms. The van der Waals surface area contributed by atoms with Crippen molar-refractivity contribution in [2.75, 3.05) is 6.54 Å². The summed E-state index contributed by atoms with van der Waals surface area (Å²) in [4.78, 5) is 2.64. The topological polar surface area (TPSA) is 23.5 Å². The molecule has 1 fully saturated rings. The molecule has 1 N–H and O–H groups in total. The summed E-state index contributed by atoms with van der Waals surface area (Å²) in [6.07, 6.45) is 3.52. The Morgan fingerprint density at radius 1 is 1.18 bits per heavy atom. The summed E-state index contributed by atoms with van der Waals surface area (Å²) in [6.45, 7) is 14.3. The van der Waals surface area contributed by atoms with Crippen molar-refractivity contribution in [3.63, 3.8) is 0 Å². The lowest BCUT2D eigenvalue weighted by Gasteiger charge is -2.38. The molecule has 2 atom stereocenters. The molecule has 1 aliphatic heterocycles. The fourth-order valence-corrected chi connectivity index (χ4v) is 3.17. The van der Waals surface area contributed by atoms with E-state index < -0.39 is 5.60 Å². The van der Waals surface area contributed by atoms with Crippen LogP contribution >= 0.6 is 0 Å². The Morgan fingerprint density at radius 3 is 2.18 bits per heavy atom. The lowest BCUT2D eigenvalue weighted by molar-refractivity contribution is -0.000943. The molecule has 0 spiro atoms. The van der Waals surface area contributed by atoms with Crippen molar-refractivity contribution in [3.8, 4) is 0 Å². The van der Waals surface area contributed by atoms with Gasteiger partial charge in [0.25, 0.3) is 0 Å². The molecule has 0 bridgehead atoms. The van der Waals surface area contributed by atoms with Crippen molar-refractivity contribution < 1.29 is 5.11 Å². The van der Waals surface area contributed by atoms with Crippen LogP contribution in [0, 0.1) is 11.8 Å². The molecule has 1 heterocycles. The minimum atomic E-state index is -0.528. The molecule has 0 amide bonds. The van der Waals surface area contributed by atoms with Gasteiger partial charge < -0.3 is 5.11 Å². The zero-order valence-electron chi connectivity index (χ0n) is 12.5. The van der Waals surface area contributed by atoms with Gasteiger partial charge in [-0.15, -0.1) is 0 Å². The molecule has 0 saturated carbocycles. The number of likely N-dealkylation sites (tertiary alicyclic amines) is 1. The second-order valence-corrected chi connectivity index (χ2v) is 6.87. The first-order valence-electron chi connectivity index (χ1n) is 7.21. The third-order valence-corrected chi connectivity index (χ3v) is 4.35. The molecule has 1 saturated heterocycles. The number of nitrogens with zero attached hydrogens (tertiary/aromatic N) is 1. The van der Waals surface area contributed by atoms with Gasteiger partial charge in [-0.2, -0.15) is 0 Å². The summed E-state index contributed by atoms with van der Waals surface area (Å²) in [5.41, 5.74) is -0.528. The van der Waals surface area contributed by atoms with Crippen molar-refractivity contribution in [1.29, 1.82) is 0 Å². The maximum atomic E-state index is 10.3. The zero-order valence-corrected chi connectivity index (χ0v) is 12.5. The molecule has 0 aromatic rings. The van der Waals surface area contributed by atoms with E-state index >= 15 is 0 Å². The van der Waals surface area contributed by atoms with Crippen LogP contribution in [0.15, 0.2) is 0 Å². The molecule has 0 radical (unpaired) electrons. The molecule has 2 unspecified atom stereocenters. The van der Waals surface area contributed by atoms with E-state index in [4.69, 9.17) is 0 Å². The van der Waals surface area contributed by atoms with Crippen molar-refractivity contribution in [3.05, 3.63) is 0 Å². The van der Waals surface area contributed by atoms with Gasteiger partial charge >= 0.3 is 0 Å². The van der Waals surface area contributed by atoms with E-state index in [1.54, 1.807) is 0 Å². The first kappa shape index (κ1) is 15.0. The highest BCUT2D eigenvalue weighted by Gasteiger charge is 2.35. The predicted molar refractivity (Wildman–Crippen MR) is 74.1 cm³/mol. The molecular formula is C15H31NO. The Hall–Kier alpha value is -0.0800. The van der Waals surface area contributed by atoms with Crippen molar-refractivity contribution >= 4 is 0 Å². The Labute approximate surface area is 107 Å². The smallest absolute Gasteiger partial charge is 0.0620 e.